The Morgan fingerprint density at radius 2 is 2.11 bits per heavy atom. The third kappa shape index (κ3) is 5.81. The van der Waals surface area contributed by atoms with Crippen molar-refractivity contribution in [2.24, 2.45) is 10.9 Å². The molecule has 28 heavy (non-hydrogen) atoms. The van der Waals surface area contributed by atoms with Gasteiger partial charge < -0.3 is 15.0 Å². The Kier molecular flexibility index (Phi) is 8.83. The van der Waals surface area contributed by atoms with Crippen LogP contribution in [0.2, 0.25) is 0 Å². The summed E-state index contributed by atoms with van der Waals surface area (Å²) < 4.78 is 5.51. The second kappa shape index (κ2) is 11.1. The van der Waals surface area contributed by atoms with E-state index in [-0.39, 0.29) is 24.0 Å². The minimum atomic E-state index is 0. The first-order valence-electron chi connectivity index (χ1n) is 10.3. The number of halogens is 1. The van der Waals surface area contributed by atoms with Crippen molar-refractivity contribution in [2.75, 3.05) is 72.6 Å². The molecular weight excluding hydrogens is 485 g/mol. The smallest absolute Gasteiger partial charge is 0.193 e. The van der Waals surface area contributed by atoms with Crippen molar-refractivity contribution in [3.8, 4) is 0 Å². The topological polar surface area (TPSA) is 43.3 Å². The normalized spacial score (nSPS) is 24.1. The van der Waals surface area contributed by atoms with E-state index in [1.807, 2.05) is 18.4 Å². The molecule has 3 aliphatic rings. The standard InChI is InChI=1S/C20H33N5OS.HI/c1-21-20(22-5-7-23-6-2-19-18(15-23)4-13-27-19)25-10-8-24(9-11-25)14-17-3-12-26-16-17;/h4,13,17H,2-3,5-12,14-16H2,1H3,(H,21,22);1H. The Balaban J connectivity index is 0.00000225. The molecule has 8 heteroatoms. The third-order valence-electron chi connectivity index (χ3n) is 6.02. The van der Waals surface area contributed by atoms with Gasteiger partial charge in [-0.1, -0.05) is 0 Å². The Hall–Kier alpha value is -0.420. The van der Waals surface area contributed by atoms with Gasteiger partial charge in [-0.2, -0.15) is 0 Å². The minimum absolute atomic E-state index is 0. The lowest BCUT2D eigenvalue weighted by atomic mass is 10.1. The summed E-state index contributed by atoms with van der Waals surface area (Å²) >= 11 is 1.91. The van der Waals surface area contributed by atoms with Crippen LogP contribution in [0.25, 0.3) is 0 Å². The zero-order valence-electron chi connectivity index (χ0n) is 16.9. The molecule has 1 aromatic rings. The number of thiophene rings is 1. The molecule has 1 atom stereocenters. The molecule has 0 saturated carbocycles. The molecule has 0 bridgehead atoms. The minimum Gasteiger partial charge on any atom is -0.381 e. The van der Waals surface area contributed by atoms with Crippen LogP contribution < -0.4 is 5.32 Å². The molecule has 0 amide bonds. The first-order chi connectivity index (χ1) is 13.3. The van der Waals surface area contributed by atoms with Gasteiger partial charge in [0, 0.05) is 77.4 Å². The summed E-state index contributed by atoms with van der Waals surface area (Å²) in [5.41, 5.74) is 1.53. The highest BCUT2D eigenvalue weighted by Crippen LogP contribution is 2.23. The van der Waals surface area contributed by atoms with Gasteiger partial charge >= 0.3 is 0 Å². The number of hydrogen-bond donors (Lipinski definition) is 1. The molecule has 0 aliphatic carbocycles. The van der Waals surface area contributed by atoms with Crippen LogP contribution in [0, 0.1) is 5.92 Å². The monoisotopic (exact) mass is 519 g/mol. The van der Waals surface area contributed by atoms with Gasteiger partial charge in [-0.15, -0.1) is 35.3 Å². The first-order valence-corrected chi connectivity index (χ1v) is 11.2. The summed E-state index contributed by atoms with van der Waals surface area (Å²) in [5.74, 6) is 1.80. The number of hydrogen-bond acceptors (Lipinski definition) is 5. The zero-order valence-corrected chi connectivity index (χ0v) is 20.1. The second-order valence-corrected chi connectivity index (χ2v) is 8.89. The van der Waals surface area contributed by atoms with Crippen LogP contribution in [0.1, 0.15) is 16.9 Å². The van der Waals surface area contributed by atoms with Crippen LogP contribution in [0.3, 0.4) is 0 Å². The van der Waals surface area contributed by atoms with Gasteiger partial charge in [0.2, 0.25) is 0 Å². The summed E-state index contributed by atoms with van der Waals surface area (Å²) in [6, 6.07) is 2.29. The SMILES string of the molecule is CN=C(NCCN1CCc2sccc2C1)N1CCN(CC2CCOC2)CC1.I. The van der Waals surface area contributed by atoms with Crippen molar-refractivity contribution in [1.29, 1.82) is 0 Å². The van der Waals surface area contributed by atoms with Crippen LogP contribution >= 0.6 is 35.3 Å². The Labute approximate surface area is 190 Å². The molecule has 2 fully saturated rings. The molecule has 1 aromatic heterocycles. The van der Waals surface area contributed by atoms with Crippen molar-refractivity contribution in [3.05, 3.63) is 21.9 Å². The number of piperazine rings is 1. The lowest BCUT2D eigenvalue weighted by Gasteiger charge is -2.37. The molecule has 0 spiro atoms. The van der Waals surface area contributed by atoms with Gasteiger partial charge in [0.25, 0.3) is 0 Å². The van der Waals surface area contributed by atoms with Gasteiger partial charge in [-0.05, 0) is 35.8 Å². The van der Waals surface area contributed by atoms with E-state index in [1.54, 1.807) is 4.88 Å². The highest BCUT2D eigenvalue weighted by atomic mass is 127. The lowest BCUT2D eigenvalue weighted by Crippen LogP contribution is -2.53. The molecule has 3 aliphatic heterocycles. The predicted octanol–water partition coefficient (Wildman–Crippen LogP) is 1.95. The summed E-state index contributed by atoms with van der Waals surface area (Å²) in [6.07, 6.45) is 2.43. The zero-order chi connectivity index (χ0) is 18.5. The Bertz CT molecular complexity index is 626. The van der Waals surface area contributed by atoms with Gasteiger partial charge in [0.1, 0.15) is 0 Å². The molecule has 0 radical (unpaired) electrons. The van der Waals surface area contributed by atoms with Crippen molar-refractivity contribution in [2.45, 2.75) is 19.4 Å². The van der Waals surface area contributed by atoms with Gasteiger partial charge in [0.05, 0.1) is 6.61 Å². The molecule has 158 valence electrons. The van der Waals surface area contributed by atoms with Crippen LogP contribution in [-0.2, 0) is 17.7 Å². The van der Waals surface area contributed by atoms with E-state index >= 15 is 0 Å². The highest BCUT2D eigenvalue weighted by molar-refractivity contribution is 14.0. The number of nitrogens with one attached hydrogen (secondary N) is 1. The van der Waals surface area contributed by atoms with E-state index in [1.165, 1.54) is 31.5 Å². The van der Waals surface area contributed by atoms with E-state index in [9.17, 15) is 0 Å². The van der Waals surface area contributed by atoms with Crippen LogP contribution in [0.15, 0.2) is 16.4 Å². The maximum absolute atomic E-state index is 5.51. The van der Waals surface area contributed by atoms with E-state index < -0.39 is 0 Å². The first kappa shape index (κ1) is 22.3. The van der Waals surface area contributed by atoms with Crippen LogP contribution in [0.5, 0.6) is 0 Å². The largest absolute Gasteiger partial charge is 0.381 e. The summed E-state index contributed by atoms with van der Waals surface area (Å²) in [4.78, 5) is 13.7. The van der Waals surface area contributed by atoms with E-state index in [4.69, 9.17) is 4.74 Å². The molecule has 2 saturated heterocycles. The molecule has 4 heterocycles. The third-order valence-corrected chi connectivity index (χ3v) is 7.04. The molecule has 6 nitrogen and oxygen atoms in total. The molecule has 1 unspecified atom stereocenters. The van der Waals surface area contributed by atoms with Crippen LogP contribution in [-0.4, -0.2) is 93.3 Å². The fourth-order valence-electron chi connectivity index (χ4n) is 4.39. The molecule has 4 rings (SSSR count). The summed E-state index contributed by atoms with van der Waals surface area (Å²) in [7, 11) is 1.91. The van der Waals surface area contributed by atoms with E-state index in [0.717, 1.165) is 70.9 Å². The number of ether oxygens (including phenoxy) is 1. The van der Waals surface area contributed by atoms with Gasteiger partial charge in [-0.25, -0.2) is 0 Å². The van der Waals surface area contributed by atoms with Gasteiger partial charge in [0.15, 0.2) is 5.96 Å². The Morgan fingerprint density at radius 1 is 1.25 bits per heavy atom. The van der Waals surface area contributed by atoms with Gasteiger partial charge in [-0.3, -0.25) is 14.8 Å². The van der Waals surface area contributed by atoms with E-state index in [0.29, 0.717) is 0 Å². The summed E-state index contributed by atoms with van der Waals surface area (Å²) in [6.45, 7) is 11.8. The lowest BCUT2D eigenvalue weighted by molar-refractivity contribution is 0.139. The van der Waals surface area contributed by atoms with Crippen molar-refractivity contribution < 1.29 is 4.74 Å². The molecular formula is C20H34IN5OS. The number of guanidine groups is 1. The maximum Gasteiger partial charge on any atom is 0.193 e. The Morgan fingerprint density at radius 3 is 2.86 bits per heavy atom. The van der Waals surface area contributed by atoms with Crippen molar-refractivity contribution in [3.63, 3.8) is 0 Å². The highest BCUT2D eigenvalue weighted by Gasteiger charge is 2.24. The average molecular weight is 519 g/mol. The number of rotatable bonds is 5. The number of fused-ring (bicyclic) bond motifs is 1. The predicted molar refractivity (Wildman–Crippen MR) is 127 cm³/mol. The molecule has 1 N–H and O–H groups in total. The molecule has 0 aromatic carbocycles. The van der Waals surface area contributed by atoms with Crippen LogP contribution in [0.4, 0.5) is 0 Å². The fraction of sp³-hybridized carbons (Fsp3) is 0.750. The quantitative estimate of drug-likeness (QED) is 0.366. The average Bonchev–Trinajstić information content (AvgIpc) is 3.37. The van der Waals surface area contributed by atoms with Crippen molar-refractivity contribution >= 4 is 41.3 Å². The number of aliphatic imine (C=N–C) groups is 1. The van der Waals surface area contributed by atoms with Crippen molar-refractivity contribution in [1.82, 2.24) is 20.0 Å². The second-order valence-electron chi connectivity index (χ2n) is 7.89. The summed E-state index contributed by atoms with van der Waals surface area (Å²) in [5, 5.41) is 5.82. The fourth-order valence-corrected chi connectivity index (χ4v) is 5.28. The van der Waals surface area contributed by atoms with E-state index in [2.05, 4.69) is 36.5 Å². The number of nitrogens with zero attached hydrogens (tertiary/aromatic N) is 4. The maximum atomic E-state index is 5.51.